The maximum Gasteiger partial charge on any atom is 0.252 e. The van der Waals surface area contributed by atoms with Gasteiger partial charge in [0, 0.05) is 16.8 Å². The Morgan fingerprint density at radius 3 is 2.50 bits per heavy atom. The lowest BCUT2D eigenvalue weighted by atomic mass is 9.93. The van der Waals surface area contributed by atoms with Crippen molar-refractivity contribution >= 4 is 11.6 Å². The summed E-state index contributed by atoms with van der Waals surface area (Å²) in [6.07, 6.45) is 0. The van der Waals surface area contributed by atoms with E-state index in [4.69, 9.17) is 5.73 Å². The summed E-state index contributed by atoms with van der Waals surface area (Å²) >= 11 is 0. The van der Waals surface area contributed by atoms with Crippen molar-refractivity contribution < 1.29 is 9.18 Å². The van der Waals surface area contributed by atoms with Crippen LogP contribution in [0.3, 0.4) is 0 Å². The molecule has 0 fully saturated rings. The largest absolute Gasteiger partial charge is 0.399 e. The molecule has 1 amide bonds. The van der Waals surface area contributed by atoms with E-state index in [1.54, 1.807) is 56.3 Å². The molecule has 2 aromatic rings. The average Bonchev–Trinajstić information content (AvgIpc) is 2.38. The van der Waals surface area contributed by atoms with Crippen molar-refractivity contribution in [1.82, 2.24) is 5.32 Å². The minimum atomic E-state index is -0.812. The highest BCUT2D eigenvalue weighted by Gasteiger charge is 2.26. The van der Waals surface area contributed by atoms with Gasteiger partial charge >= 0.3 is 0 Å². The molecule has 3 nitrogen and oxygen atoms in total. The lowest BCUT2D eigenvalue weighted by Gasteiger charge is -2.27. The average molecular weight is 272 g/mol. The van der Waals surface area contributed by atoms with Crippen LogP contribution in [0.15, 0.2) is 48.5 Å². The lowest BCUT2D eigenvalue weighted by Crippen LogP contribution is -2.41. The van der Waals surface area contributed by atoms with Crippen molar-refractivity contribution in [2.75, 3.05) is 5.73 Å². The van der Waals surface area contributed by atoms with Gasteiger partial charge in [0.1, 0.15) is 5.82 Å². The Morgan fingerprint density at radius 1 is 1.15 bits per heavy atom. The second-order valence-corrected chi connectivity index (χ2v) is 5.18. The van der Waals surface area contributed by atoms with Gasteiger partial charge in [0.15, 0.2) is 0 Å². The van der Waals surface area contributed by atoms with Gasteiger partial charge in [-0.25, -0.2) is 4.39 Å². The van der Waals surface area contributed by atoms with Crippen LogP contribution < -0.4 is 11.1 Å². The molecule has 0 spiro atoms. The standard InChI is InChI=1S/C16H17FN2O/c1-16(2,13-8-3-4-9-14(13)17)19-15(20)11-6-5-7-12(18)10-11/h3-10H,18H2,1-2H3,(H,19,20). The summed E-state index contributed by atoms with van der Waals surface area (Å²) in [6.45, 7) is 3.52. The van der Waals surface area contributed by atoms with Crippen molar-refractivity contribution in [3.8, 4) is 0 Å². The second kappa shape index (κ2) is 5.33. The molecule has 0 saturated heterocycles. The minimum absolute atomic E-state index is 0.287. The van der Waals surface area contributed by atoms with E-state index in [0.29, 0.717) is 16.8 Å². The molecular weight excluding hydrogens is 255 g/mol. The van der Waals surface area contributed by atoms with Gasteiger partial charge in [0.05, 0.1) is 5.54 Å². The molecule has 0 aliphatic rings. The zero-order chi connectivity index (χ0) is 14.8. The van der Waals surface area contributed by atoms with Crippen LogP contribution in [0.1, 0.15) is 29.8 Å². The number of nitrogens with one attached hydrogen (secondary N) is 1. The number of benzene rings is 2. The molecule has 0 aliphatic carbocycles. The number of amides is 1. The Morgan fingerprint density at radius 2 is 1.85 bits per heavy atom. The number of rotatable bonds is 3. The first kappa shape index (κ1) is 14.1. The number of hydrogen-bond donors (Lipinski definition) is 2. The number of nitrogen functional groups attached to an aromatic ring is 1. The smallest absolute Gasteiger partial charge is 0.252 e. The van der Waals surface area contributed by atoms with Gasteiger partial charge in [-0.3, -0.25) is 4.79 Å². The summed E-state index contributed by atoms with van der Waals surface area (Å²) in [5.74, 6) is -0.629. The van der Waals surface area contributed by atoms with E-state index in [0.717, 1.165) is 0 Å². The highest BCUT2D eigenvalue weighted by molar-refractivity contribution is 5.95. The molecular formula is C16H17FN2O. The van der Waals surface area contributed by atoms with E-state index in [1.807, 2.05) is 0 Å². The quantitative estimate of drug-likeness (QED) is 0.844. The topological polar surface area (TPSA) is 55.1 Å². The summed E-state index contributed by atoms with van der Waals surface area (Å²) in [7, 11) is 0. The summed E-state index contributed by atoms with van der Waals surface area (Å²) in [5, 5.41) is 2.82. The molecule has 0 heterocycles. The fourth-order valence-corrected chi connectivity index (χ4v) is 2.07. The Hall–Kier alpha value is -2.36. The van der Waals surface area contributed by atoms with Gasteiger partial charge in [-0.15, -0.1) is 0 Å². The van der Waals surface area contributed by atoms with Crippen LogP contribution in [0.4, 0.5) is 10.1 Å². The fourth-order valence-electron chi connectivity index (χ4n) is 2.07. The highest BCUT2D eigenvalue weighted by atomic mass is 19.1. The van der Waals surface area contributed by atoms with E-state index in [9.17, 15) is 9.18 Å². The summed E-state index contributed by atoms with van der Waals surface area (Å²) in [5.41, 5.74) is 6.25. The van der Waals surface area contributed by atoms with Gasteiger partial charge in [-0.05, 0) is 38.1 Å². The number of nitrogens with two attached hydrogens (primary N) is 1. The number of carbonyl (C=O) groups excluding carboxylic acids is 1. The van der Waals surface area contributed by atoms with Crippen molar-refractivity contribution in [2.45, 2.75) is 19.4 Å². The fraction of sp³-hybridized carbons (Fsp3) is 0.188. The van der Waals surface area contributed by atoms with Crippen molar-refractivity contribution in [3.05, 3.63) is 65.5 Å². The SMILES string of the molecule is CC(C)(NC(=O)c1cccc(N)c1)c1ccccc1F. The predicted molar refractivity (Wildman–Crippen MR) is 77.7 cm³/mol. The minimum Gasteiger partial charge on any atom is -0.399 e. The number of carbonyl (C=O) groups is 1. The molecule has 0 atom stereocenters. The molecule has 0 bridgehead atoms. The molecule has 0 aliphatic heterocycles. The van der Waals surface area contributed by atoms with Crippen LogP contribution in [-0.2, 0) is 5.54 Å². The van der Waals surface area contributed by atoms with E-state index in [-0.39, 0.29) is 11.7 Å². The van der Waals surface area contributed by atoms with Crippen molar-refractivity contribution in [1.29, 1.82) is 0 Å². The van der Waals surface area contributed by atoms with E-state index in [2.05, 4.69) is 5.32 Å². The van der Waals surface area contributed by atoms with E-state index < -0.39 is 5.54 Å². The van der Waals surface area contributed by atoms with Crippen LogP contribution in [0, 0.1) is 5.82 Å². The van der Waals surface area contributed by atoms with Gasteiger partial charge in [-0.2, -0.15) is 0 Å². The van der Waals surface area contributed by atoms with Crippen LogP contribution in [0.5, 0.6) is 0 Å². The Balaban J connectivity index is 2.24. The highest BCUT2D eigenvalue weighted by Crippen LogP contribution is 2.23. The molecule has 0 aromatic heterocycles. The Labute approximate surface area is 117 Å². The molecule has 104 valence electrons. The van der Waals surface area contributed by atoms with E-state index in [1.165, 1.54) is 6.07 Å². The predicted octanol–water partition coefficient (Wildman–Crippen LogP) is 3.07. The zero-order valence-electron chi connectivity index (χ0n) is 11.5. The summed E-state index contributed by atoms with van der Waals surface area (Å²) in [6, 6.07) is 13.1. The normalized spacial score (nSPS) is 11.2. The number of hydrogen-bond acceptors (Lipinski definition) is 2. The van der Waals surface area contributed by atoms with Crippen molar-refractivity contribution in [3.63, 3.8) is 0 Å². The molecule has 0 radical (unpaired) electrons. The molecule has 3 N–H and O–H groups in total. The van der Waals surface area contributed by atoms with Crippen LogP contribution in [0.25, 0.3) is 0 Å². The maximum absolute atomic E-state index is 13.8. The first-order chi connectivity index (χ1) is 9.40. The van der Waals surface area contributed by atoms with Crippen molar-refractivity contribution in [2.24, 2.45) is 0 Å². The summed E-state index contributed by atoms with van der Waals surface area (Å²) < 4.78 is 13.8. The number of halogens is 1. The zero-order valence-corrected chi connectivity index (χ0v) is 11.5. The molecule has 0 saturated carbocycles. The van der Waals surface area contributed by atoms with Crippen LogP contribution >= 0.6 is 0 Å². The van der Waals surface area contributed by atoms with Gasteiger partial charge in [0.25, 0.3) is 5.91 Å². The third kappa shape index (κ3) is 2.96. The molecule has 20 heavy (non-hydrogen) atoms. The third-order valence-electron chi connectivity index (χ3n) is 3.12. The molecule has 4 heteroatoms. The second-order valence-electron chi connectivity index (χ2n) is 5.18. The van der Waals surface area contributed by atoms with Crippen LogP contribution in [0.2, 0.25) is 0 Å². The molecule has 0 unspecified atom stereocenters. The maximum atomic E-state index is 13.8. The Bertz CT molecular complexity index is 638. The monoisotopic (exact) mass is 272 g/mol. The van der Waals surface area contributed by atoms with Crippen LogP contribution in [-0.4, -0.2) is 5.91 Å². The lowest BCUT2D eigenvalue weighted by molar-refractivity contribution is 0.0911. The molecule has 2 aromatic carbocycles. The van der Waals surface area contributed by atoms with Gasteiger partial charge in [0.2, 0.25) is 0 Å². The van der Waals surface area contributed by atoms with Gasteiger partial charge < -0.3 is 11.1 Å². The summed E-state index contributed by atoms with van der Waals surface area (Å²) in [4.78, 5) is 12.2. The number of anilines is 1. The first-order valence-corrected chi connectivity index (χ1v) is 6.33. The first-order valence-electron chi connectivity index (χ1n) is 6.33. The third-order valence-corrected chi connectivity index (χ3v) is 3.12. The van der Waals surface area contributed by atoms with Gasteiger partial charge in [-0.1, -0.05) is 24.3 Å². The van der Waals surface area contributed by atoms with E-state index >= 15 is 0 Å². The molecule has 2 rings (SSSR count). The Kier molecular flexibility index (Phi) is 3.74.